The predicted octanol–water partition coefficient (Wildman–Crippen LogP) is 3.46. The number of halogens is 1. The van der Waals surface area contributed by atoms with Gasteiger partial charge in [-0.2, -0.15) is 0 Å². The topological polar surface area (TPSA) is 70.4 Å². The maximum atomic E-state index is 13.3. The molecule has 2 aromatic carbocycles. The highest BCUT2D eigenvalue weighted by Gasteiger charge is 2.30. The summed E-state index contributed by atoms with van der Waals surface area (Å²) in [5, 5.41) is 0.905. The van der Waals surface area contributed by atoms with Crippen LogP contribution in [0.1, 0.15) is 6.42 Å². The van der Waals surface area contributed by atoms with Crippen LogP contribution in [0.15, 0.2) is 52.4 Å². The Labute approximate surface area is 164 Å². The average molecular weight is 403 g/mol. The van der Waals surface area contributed by atoms with Crippen molar-refractivity contribution in [2.24, 2.45) is 0 Å². The van der Waals surface area contributed by atoms with Gasteiger partial charge in [-0.1, -0.05) is 35.5 Å². The molecule has 0 bridgehead atoms. The molecule has 1 fully saturated rings. The summed E-state index contributed by atoms with van der Waals surface area (Å²) in [5.41, 5.74) is 0.783. The number of thioether (sulfide) groups is 1. The SMILES string of the molecule is COc1ccccc1-n1c(S[C@H]2CCOC2=O)nc2cc(Cl)ccc2c1=O. The third-order valence-corrected chi connectivity index (χ3v) is 5.69. The Morgan fingerprint density at radius 3 is 2.81 bits per heavy atom. The number of hydrogen-bond acceptors (Lipinski definition) is 6. The van der Waals surface area contributed by atoms with Gasteiger partial charge < -0.3 is 9.47 Å². The zero-order valence-corrected chi connectivity index (χ0v) is 15.9. The molecule has 0 aliphatic carbocycles. The molecule has 6 nitrogen and oxygen atoms in total. The van der Waals surface area contributed by atoms with Gasteiger partial charge in [0.05, 0.1) is 30.3 Å². The number of fused-ring (bicyclic) bond motifs is 1. The number of benzene rings is 2. The normalized spacial score (nSPS) is 16.5. The van der Waals surface area contributed by atoms with Gasteiger partial charge in [0.2, 0.25) is 0 Å². The molecule has 0 unspecified atom stereocenters. The molecule has 1 aliphatic rings. The summed E-state index contributed by atoms with van der Waals surface area (Å²) in [6.07, 6.45) is 0.568. The van der Waals surface area contributed by atoms with Crippen molar-refractivity contribution in [2.75, 3.05) is 13.7 Å². The van der Waals surface area contributed by atoms with Crippen LogP contribution in [-0.4, -0.2) is 34.5 Å². The van der Waals surface area contributed by atoms with E-state index in [9.17, 15) is 9.59 Å². The summed E-state index contributed by atoms with van der Waals surface area (Å²) < 4.78 is 11.9. The van der Waals surface area contributed by atoms with E-state index in [1.807, 2.05) is 12.1 Å². The monoisotopic (exact) mass is 402 g/mol. The summed E-state index contributed by atoms with van der Waals surface area (Å²) >= 11 is 7.29. The second-order valence-electron chi connectivity index (χ2n) is 5.93. The Hall–Kier alpha value is -2.51. The van der Waals surface area contributed by atoms with Crippen molar-refractivity contribution in [3.8, 4) is 11.4 Å². The first-order valence-corrected chi connectivity index (χ1v) is 9.53. The first-order chi connectivity index (χ1) is 13.1. The molecular formula is C19H15ClN2O4S. The van der Waals surface area contributed by atoms with E-state index in [2.05, 4.69) is 4.98 Å². The number of nitrogens with zero attached hydrogens (tertiary/aromatic N) is 2. The van der Waals surface area contributed by atoms with Crippen LogP contribution in [0.4, 0.5) is 0 Å². The van der Waals surface area contributed by atoms with Gasteiger partial charge in [0.25, 0.3) is 5.56 Å². The lowest BCUT2D eigenvalue weighted by molar-refractivity contribution is -0.137. The van der Waals surface area contributed by atoms with Crippen LogP contribution in [0.2, 0.25) is 5.02 Å². The van der Waals surface area contributed by atoms with Crippen molar-refractivity contribution in [1.82, 2.24) is 9.55 Å². The third kappa shape index (κ3) is 3.28. The van der Waals surface area contributed by atoms with Crippen molar-refractivity contribution in [1.29, 1.82) is 0 Å². The molecule has 0 N–H and O–H groups in total. The summed E-state index contributed by atoms with van der Waals surface area (Å²) in [7, 11) is 1.54. The average Bonchev–Trinajstić information content (AvgIpc) is 3.06. The molecule has 0 amide bonds. The number of methoxy groups -OCH3 is 1. The van der Waals surface area contributed by atoms with Gasteiger partial charge >= 0.3 is 5.97 Å². The standard InChI is InChI=1S/C19H15ClN2O4S/c1-25-15-5-3-2-4-14(15)22-17(23)12-7-6-11(20)10-13(12)21-19(22)27-16-8-9-26-18(16)24/h2-7,10,16H,8-9H2,1H3/t16-/m0/s1. The Bertz CT molecular complexity index is 1100. The van der Waals surface area contributed by atoms with Crippen LogP contribution in [0, 0.1) is 0 Å². The number of aromatic nitrogens is 2. The van der Waals surface area contributed by atoms with Crippen LogP contribution in [-0.2, 0) is 9.53 Å². The van der Waals surface area contributed by atoms with Crippen LogP contribution in [0.3, 0.4) is 0 Å². The van der Waals surface area contributed by atoms with Crippen molar-refractivity contribution >= 4 is 40.2 Å². The fraction of sp³-hybridized carbons (Fsp3) is 0.211. The molecule has 1 atom stereocenters. The van der Waals surface area contributed by atoms with Crippen molar-refractivity contribution < 1.29 is 14.3 Å². The molecule has 1 saturated heterocycles. The van der Waals surface area contributed by atoms with Crippen LogP contribution < -0.4 is 10.3 Å². The molecular weight excluding hydrogens is 388 g/mol. The molecule has 0 saturated carbocycles. The number of rotatable bonds is 4. The highest BCUT2D eigenvalue weighted by Crippen LogP contribution is 2.32. The largest absolute Gasteiger partial charge is 0.495 e. The number of carbonyl (C=O) groups is 1. The summed E-state index contributed by atoms with van der Waals surface area (Å²) in [6, 6.07) is 12.1. The minimum Gasteiger partial charge on any atom is -0.495 e. The van der Waals surface area contributed by atoms with E-state index in [0.717, 1.165) is 0 Å². The predicted molar refractivity (Wildman–Crippen MR) is 104 cm³/mol. The lowest BCUT2D eigenvalue weighted by atomic mass is 10.2. The lowest BCUT2D eigenvalue weighted by Gasteiger charge is -2.16. The van der Waals surface area contributed by atoms with Gasteiger partial charge in [-0.15, -0.1) is 0 Å². The number of carbonyl (C=O) groups excluding carboxylic acids is 1. The summed E-state index contributed by atoms with van der Waals surface area (Å²) in [5.74, 6) is 0.234. The summed E-state index contributed by atoms with van der Waals surface area (Å²) in [6.45, 7) is 0.370. The molecule has 8 heteroatoms. The lowest BCUT2D eigenvalue weighted by Crippen LogP contribution is -2.23. The molecule has 0 radical (unpaired) electrons. The van der Waals surface area contributed by atoms with Crippen molar-refractivity contribution in [2.45, 2.75) is 16.8 Å². The maximum Gasteiger partial charge on any atom is 0.319 e. The van der Waals surface area contributed by atoms with Crippen molar-refractivity contribution in [3.63, 3.8) is 0 Å². The smallest absolute Gasteiger partial charge is 0.319 e. The molecule has 3 aromatic rings. The van der Waals surface area contributed by atoms with Crippen LogP contribution >= 0.6 is 23.4 Å². The molecule has 1 aliphatic heterocycles. The highest BCUT2D eigenvalue weighted by atomic mass is 35.5. The van der Waals surface area contributed by atoms with E-state index in [1.54, 1.807) is 37.4 Å². The zero-order chi connectivity index (χ0) is 19.0. The number of hydrogen-bond donors (Lipinski definition) is 0. The Kier molecular flexibility index (Phi) is 4.80. The second kappa shape index (κ2) is 7.25. The third-order valence-electron chi connectivity index (χ3n) is 4.26. The highest BCUT2D eigenvalue weighted by molar-refractivity contribution is 8.00. The van der Waals surface area contributed by atoms with Crippen molar-refractivity contribution in [3.05, 3.63) is 57.8 Å². The molecule has 1 aromatic heterocycles. The first-order valence-electron chi connectivity index (χ1n) is 8.27. The molecule has 2 heterocycles. The minimum absolute atomic E-state index is 0.255. The molecule has 138 valence electrons. The Morgan fingerprint density at radius 1 is 1.26 bits per heavy atom. The van der Waals surface area contributed by atoms with Gasteiger partial charge in [-0.05, 0) is 30.3 Å². The summed E-state index contributed by atoms with van der Waals surface area (Å²) in [4.78, 5) is 29.9. The van der Waals surface area contributed by atoms with Gasteiger partial charge in [-0.25, -0.2) is 4.98 Å². The van der Waals surface area contributed by atoms with E-state index < -0.39 is 5.25 Å². The minimum atomic E-state index is -0.408. The maximum absolute atomic E-state index is 13.3. The Morgan fingerprint density at radius 2 is 2.07 bits per heavy atom. The van der Waals surface area contributed by atoms with E-state index in [1.165, 1.54) is 16.3 Å². The second-order valence-corrected chi connectivity index (χ2v) is 7.54. The van der Waals surface area contributed by atoms with Crippen LogP contribution in [0.5, 0.6) is 5.75 Å². The fourth-order valence-corrected chi connectivity index (χ4v) is 4.19. The van der Waals surface area contributed by atoms with E-state index in [4.69, 9.17) is 21.1 Å². The van der Waals surface area contributed by atoms with Gasteiger partial charge in [0.1, 0.15) is 11.0 Å². The quantitative estimate of drug-likeness (QED) is 0.491. The van der Waals surface area contributed by atoms with E-state index >= 15 is 0 Å². The number of ether oxygens (including phenoxy) is 2. The van der Waals surface area contributed by atoms with Gasteiger partial charge in [0.15, 0.2) is 5.16 Å². The van der Waals surface area contributed by atoms with Gasteiger partial charge in [-0.3, -0.25) is 14.2 Å². The number of esters is 1. The first kappa shape index (κ1) is 17.9. The van der Waals surface area contributed by atoms with E-state index in [0.29, 0.717) is 45.5 Å². The molecule has 4 rings (SSSR count). The number of cyclic esters (lactones) is 1. The van der Waals surface area contributed by atoms with Crippen LogP contribution in [0.25, 0.3) is 16.6 Å². The molecule has 27 heavy (non-hydrogen) atoms. The fourth-order valence-electron chi connectivity index (χ4n) is 2.96. The zero-order valence-electron chi connectivity index (χ0n) is 14.3. The van der Waals surface area contributed by atoms with E-state index in [-0.39, 0.29) is 11.5 Å². The van der Waals surface area contributed by atoms with Gasteiger partial charge in [0, 0.05) is 11.4 Å². The Balaban J connectivity index is 1.98. The molecule has 0 spiro atoms. The number of para-hydroxylation sites is 2.